The fourth-order valence-corrected chi connectivity index (χ4v) is 3.27. The van der Waals surface area contributed by atoms with Crippen molar-refractivity contribution in [3.63, 3.8) is 0 Å². The molecule has 7 nitrogen and oxygen atoms in total. The van der Waals surface area contributed by atoms with Crippen LogP contribution in [-0.4, -0.2) is 41.7 Å². The van der Waals surface area contributed by atoms with Gasteiger partial charge in [-0.3, -0.25) is 0 Å². The highest BCUT2D eigenvalue weighted by Gasteiger charge is 2.19. The Kier molecular flexibility index (Phi) is 5.38. The Morgan fingerprint density at radius 2 is 1.81 bits per heavy atom. The van der Waals surface area contributed by atoms with E-state index in [0.29, 0.717) is 40.9 Å². The maximum Gasteiger partial charge on any atom is 0.171 e. The van der Waals surface area contributed by atoms with E-state index in [2.05, 4.69) is 25.8 Å². The zero-order valence-electron chi connectivity index (χ0n) is 14.4. The number of benzene rings is 2. The van der Waals surface area contributed by atoms with Crippen LogP contribution in [0, 0.1) is 0 Å². The monoisotopic (exact) mass is 403 g/mol. The van der Waals surface area contributed by atoms with Crippen molar-refractivity contribution in [1.82, 2.24) is 15.6 Å². The lowest BCUT2D eigenvalue weighted by Gasteiger charge is -2.28. The Balaban J connectivity index is 1.46. The van der Waals surface area contributed by atoms with E-state index in [1.54, 1.807) is 0 Å². The fourth-order valence-electron chi connectivity index (χ4n) is 2.96. The van der Waals surface area contributed by atoms with Crippen LogP contribution in [0.15, 0.2) is 41.0 Å². The topological polar surface area (TPSA) is 75.5 Å². The quantitative estimate of drug-likeness (QED) is 0.643. The SMILES string of the molecule is S=C(NCc1ccc(Cl)cc1)Nc1ccc(N2CCOCC2)c2nonc12. The van der Waals surface area contributed by atoms with Gasteiger partial charge in [0.15, 0.2) is 16.1 Å². The lowest BCUT2D eigenvalue weighted by atomic mass is 10.2. The highest BCUT2D eigenvalue weighted by Crippen LogP contribution is 2.30. The third kappa shape index (κ3) is 4.13. The summed E-state index contributed by atoms with van der Waals surface area (Å²) in [5.74, 6) is 0. The number of fused-ring (bicyclic) bond motifs is 1. The van der Waals surface area contributed by atoms with E-state index in [-0.39, 0.29) is 0 Å². The maximum atomic E-state index is 5.90. The molecule has 0 amide bonds. The smallest absolute Gasteiger partial charge is 0.171 e. The van der Waals surface area contributed by atoms with Gasteiger partial charge in [0.05, 0.1) is 24.6 Å². The lowest BCUT2D eigenvalue weighted by molar-refractivity contribution is 0.123. The molecule has 0 saturated carbocycles. The second-order valence-electron chi connectivity index (χ2n) is 6.13. The molecule has 1 aromatic heterocycles. The minimum atomic E-state index is 0.494. The van der Waals surface area contributed by atoms with Gasteiger partial charge in [-0.2, -0.15) is 0 Å². The normalized spacial score (nSPS) is 14.3. The number of thiocarbonyl (C=S) groups is 1. The first-order valence-corrected chi connectivity index (χ1v) is 9.36. The molecule has 0 spiro atoms. The van der Waals surface area contributed by atoms with E-state index in [9.17, 15) is 0 Å². The van der Waals surface area contributed by atoms with Gasteiger partial charge in [-0.25, -0.2) is 4.63 Å². The molecule has 2 aromatic carbocycles. The number of rotatable bonds is 4. The number of anilines is 2. The number of ether oxygens (including phenoxy) is 1. The summed E-state index contributed by atoms with van der Waals surface area (Å²) in [5, 5.41) is 15.7. The van der Waals surface area contributed by atoms with Gasteiger partial charge in [0.2, 0.25) is 0 Å². The van der Waals surface area contributed by atoms with Gasteiger partial charge in [0, 0.05) is 24.7 Å². The molecule has 2 heterocycles. The first kappa shape index (κ1) is 18.0. The number of morpholine rings is 1. The molecule has 9 heteroatoms. The van der Waals surface area contributed by atoms with Crippen LogP contribution in [0.4, 0.5) is 11.4 Å². The third-order valence-corrected chi connectivity index (χ3v) is 4.86. The Morgan fingerprint density at radius 3 is 2.59 bits per heavy atom. The van der Waals surface area contributed by atoms with Crippen molar-refractivity contribution in [3.8, 4) is 0 Å². The third-order valence-electron chi connectivity index (χ3n) is 4.36. The van der Waals surface area contributed by atoms with Crippen molar-refractivity contribution in [2.24, 2.45) is 0 Å². The summed E-state index contributed by atoms with van der Waals surface area (Å²) >= 11 is 11.3. The van der Waals surface area contributed by atoms with Gasteiger partial charge in [0.1, 0.15) is 0 Å². The highest BCUT2D eigenvalue weighted by atomic mass is 35.5. The molecule has 1 aliphatic rings. The zero-order valence-corrected chi connectivity index (χ0v) is 16.0. The Morgan fingerprint density at radius 1 is 1.07 bits per heavy atom. The number of hydrogen-bond acceptors (Lipinski definition) is 6. The van der Waals surface area contributed by atoms with E-state index in [4.69, 9.17) is 33.2 Å². The summed E-state index contributed by atoms with van der Waals surface area (Å²) in [6, 6.07) is 11.5. The number of nitrogens with one attached hydrogen (secondary N) is 2. The van der Waals surface area contributed by atoms with Crippen molar-refractivity contribution in [3.05, 3.63) is 47.0 Å². The summed E-state index contributed by atoms with van der Waals surface area (Å²) in [6.07, 6.45) is 0. The second kappa shape index (κ2) is 8.08. The van der Waals surface area contributed by atoms with Gasteiger partial charge < -0.3 is 20.3 Å². The van der Waals surface area contributed by atoms with Crippen LogP contribution in [0.3, 0.4) is 0 Å². The summed E-state index contributed by atoms with van der Waals surface area (Å²) in [7, 11) is 0. The Bertz CT molecular complexity index is 941. The van der Waals surface area contributed by atoms with E-state index in [1.807, 2.05) is 36.4 Å². The van der Waals surface area contributed by atoms with Gasteiger partial charge >= 0.3 is 0 Å². The standard InChI is InChI=1S/C18H18ClN5O2S/c19-13-3-1-12(2-4-13)11-20-18(27)21-14-5-6-15(17-16(14)22-26-23-17)24-7-9-25-10-8-24/h1-6H,7-11H2,(H2,20,21,27). The van der Waals surface area contributed by atoms with Crippen LogP contribution >= 0.6 is 23.8 Å². The molecular weight excluding hydrogens is 386 g/mol. The summed E-state index contributed by atoms with van der Waals surface area (Å²) in [6.45, 7) is 3.62. The van der Waals surface area contributed by atoms with Crippen molar-refractivity contribution < 1.29 is 9.37 Å². The molecule has 0 aliphatic carbocycles. The molecule has 4 rings (SSSR count). The van der Waals surface area contributed by atoms with Crippen LogP contribution in [0.1, 0.15) is 5.56 Å². The molecule has 1 aliphatic heterocycles. The van der Waals surface area contributed by atoms with Gasteiger partial charge in [0.25, 0.3) is 0 Å². The Hall–Kier alpha value is -2.42. The summed E-state index contributed by atoms with van der Waals surface area (Å²) in [4.78, 5) is 2.22. The Labute approximate surface area is 166 Å². The average Bonchev–Trinajstić information content (AvgIpc) is 3.19. The number of hydrogen-bond donors (Lipinski definition) is 2. The van der Waals surface area contributed by atoms with E-state index < -0.39 is 0 Å². The van der Waals surface area contributed by atoms with Gasteiger partial charge in [-0.1, -0.05) is 23.7 Å². The van der Waals surface area contributed by atoms with Crippen LogP contribution < -0.4 is 15.5 Å². The highest BCUT2D eigenvalue weighted by molar-refractivity contribution is 7.80. The molecule has 2 N–H and O–H groups in total. The largest absolute Gasteiger partial charge is 0.378 e. The minimum absolute atomic E-state index is 0.494. The fraction of sp³-hybridized carbons (Fsp3) is 0.278. The zero-order chi connectivity index (χ0) is 18.6. The molecule has 0 bridgehead atoms. The van der Waals surface area contributed by atoms with Crippen LogP contribution in [0.5, 0.6) is 0 Å². The molecule has 3 aromatic rings. The van der Waals surface area contributed by atoms with Gasteiger partial charge in [-0.05, 0) is 52.4 Å². The van der Waals surface area contributed by atoms with E-state index in [1.165, 1.54) is 0 Å². The number of halogens is 1. The summed E-state index contributed by atoms with van der Waals surface area (Å²) < 4.78 is 10.4. The molecule has 1 fully saturated rings. The van der Waals surface area contributed by atoms with Gasteiger partial charge in [-0.15, -0.1) is 0 Å². The average molecular weight is 404 g/mol. The minimum Gasteiger partial charge on any atom is -0.378 e. The van der Waals surface area contributed by atoms with Crippen molar-refractivity contribution in [2.45, 2.75) is 6.54 Å². The van der Waals surface area contributed by atoms with Crippen LogP contribution in [-0.2, 0) is 11.3 Å². The van der Waals surface area contributed by atoms with Crippen molar-refractivity contribution in [1.29, 1.82) is 0 Å². The molecule has 1 saturated heterocycles. The number of nitrogens with zero attached hydrogens (tertiary/aromatic N) is 3. The van der Waals surface area contributed by atoms with Crippen molar-refractivity contribution in [2.75, 3.05) is 36.5 Å². The molecule has 0 atom stereocenters. The predicted molar refractivity (Wildman–Crippen MR) is 109 cm³/mol. The van der Waals surface area contributed by atoms with E-state index >= 15 is 0 Å². The second-order valence-corrected chi connectivity index (χ2v) is 6.97. The van der Waals surface area contributed by atoms with Crippen LogP contribution in [0.25, 0.3) is 11.0 Å². The molecule has 27 heavy (non-hydrogen) atoms. The molecule has 0 unspecified atom stereocenters. The molecular formula is C18H18ClN5O2S. The lowest BCUT2D eigenvalue weighted by Crippen LogP contribution is -2.36. The van der Waals surface area contributed by atoms with Crippen molar-refractivity contribution >= 4 is 51.3 Å². The number of aromatic nitrogens is 2. The first-order valence-electron chi connectivity index (χ1n) is 8.58. The molecule has 0 radical (unpaired) electrons. The maximum absolute atomic E-state index is 5.90. The molecule has 140 valence electrons. The first-order chi connectivity index (χ1) is 13.2. The predicted octanol–water partition coefficient (Wildman–Crippen LogP) is 3.20. The summed E-state index contributed by atoms with van der Waals surface area (Å²) in [5.41, 5.74) is 4.17. The van der Waals surface area contributed by atoms with Crippen LogP contribution in [0.2, 0.25) is 5.02 Å². The van der Waals surface area contributed by atoms with E-state index in [0.717, 1.165) is 30.0 Å².